The summed E-state index contributed by atoms with van der Waals surface area (Å²) in [4.78, 5) is 13.1. The Balaban J connectivity index is 1.74. The molecular weight excluding hydrogens is 158 g/mol. The van der Waals surface area contributed by atoms with E-state index >= 15 is 0 Å². The lowest BCUT2D eigenvalue weighted by atomic mass is 10.3. The van der Waals surface area contributed by atoms with Gasteiger partial charge in [0.1, 0.15) is 0 Å². The fourth-order valence-corrected chi connectivity index (χ4v) is 1.40. The fraction of sp³-hybridized carbons (Fsp3) is 0.875. The van der Waals surface area contributed by atoms with E-state index in [1.54, 1.807) is 4.90 Å². The highest BCUT2D eigenvalue weighted by Crippen LogP contribution is 2.12. The van der Waals surface area contributed by atoms with Crippen LogP contribution < -0.4 is 0 Å². The van der Waals surface area contributed by atoms with Gasteiger partial charge < -0.3 is 14.4 Å². The molecule has 0 unspecified atom stereocenters. The molecule has 0 aromatic rings. The summed E-state index contributed by atoms with van der Waals surface area (Å²) in [6.45, 7) is 2.85. The van der Waals surface area contributed by atoms with Crippen molar-refractivity contribution in [1.82, 2.24) is 4.90 Å². The van der Waals surface area contributed by atoms with Crippen molar-refractivity contribution in [1.29, 1.82) is 0 Å². The van der Waals surface area contributed by atoms with Crippen LogP contribution in [0.2, 0.25) is 0 Å². The Labute approximate surface area is 71.4 Å². The first-order chi connectivity index (χ1) is 5.86. The van der Waals surface area contributed by atoms with Crippen LogP contribution in [0.25, 0.3) is 0 Å². The summed E-state index contributed by atoms with van der Waals surface area (Å²) in [5.41, 5.74) is 0. The number of carbonyl (C=O) groups is 1. The SMILES string of the molecule is O=C(OC1COC1)N1CCCC1. The second kappa shape index (κ2) is 3.31. The number of likely N-dealkylation sites (tertiary alicyclic amines) is 1. The van der Waals surface area contributed by atoms with Crippen molar-refractivity contribution in [3.8, 4) is 0 Å². The first-order valence-electron chi connectivity index (χ1n) is 4.39. The minimum absolute atomic E-state index is 0.0121. The van der Waals surface area contributed by atoms with E-state index in [1.807, 2.05) is 0 Å². The molecule has 2 aliphatic rings. The van der Waals surface area contributed by atoms with Crippen LogP contribution in [0, 0.1) is 0 Å². The minimum atomic E-state index is -0.166. The quantitative estimate of drug-likeness (QED) is 0.580. The number of amides is 1. The van der Waals surface area contributed by atoms with Gasteiger partial charge >= 0.3 is 6.09 Å². The molecule has 2 aliphatic heterocycles. The molecule has 12 heavy (non-hydrogen) atoms. The van der Waals surface area contributed by atoms with Gasteiger partial charge in [0.25, 0.3) is 0 Å². The normalized spacial score (nSPS) is 23.8. The van der Waals surface area contributed by atoms with E-state index in [0.29, 0.717) is 13.2 Å². The maximum Gasteiger partial charge on any atom is 0.410 e. The summed E-state index contributed by atoms with van der Waals surface area (Å²) >= 11 is 0. The minimum Gasteiger partial charge on any atom is -0.441 e. The second-order valence-electron chi connectivity index (χ2n) is 3.24. The number of carbonyl (C=O) groups excluding carboxylic acids is 1. The maximum atomic E-state index is 11.3. The number of hydrogen-bond acceptors (Lipinski definition) is 3. The first-order valence-corrected chi connectivity index (χ1v) is 4.39. The van der Waals surface area contributed by atoms with Crippen molar-refractivity contribution in [3.05, 3.63) is 0 Å². The Morgan fingerprint density at radius 3 is 2.50 bits per heavy atom. The summed E-state index contributed by atoms with van der Waals surface area (Å²) in [6, 6.07) is 0. The Morgan fingerprint density at radius 1 is 1.33 bits per heavy atom. The molecule has 0 spiro atoms. The van der Waals surface area contributed by atoms with Crippen LogP contribution in [0.1, 0.15) is 12.8 Å². The molecular formula is C8H13NO3. The molecule has 0 N–H and O–H groups in total. The third kappa shape index (κ3) is 1.53. The highest BCUT2D eigenvalue weighted by Gasteiger charge is 2.26. The van der Waals surface area contributed by atoms with E-state index in [9.17, 15) is 4.79 Å². The Kier molecular flexibility index (Phi) is 2.17. The lowest BCUT2D eigenvalue weighted by molar-refractivity contribution is -0.103. The van der Waals surface area contributed by atoms with E-state index in [0.717, 1.165) is 25.9 Å². The topological polar surface area (TPSA) is 38.8 Å². The molecule has 0 aliphatic carbocycles. The Hall–Kier alpha value is -0.770. The predicted molar refractivity (Wildman–Crippen MR) is 41.9 cm³/mol. The van der Waals surface area contributed by atoms with Crippen molar-refractivity contribution in [2.75, 3.05) is 26.3 Å². The summed E-state index contributed by atoms with van der Waals surface area (Å²) in [6.07, 6.45) is 2.06. The second-order valence-corrected chi connectivity index (χ2v) is 3.24. The van der Waals surface area contributed by atoms with Gasteiger partial charge in [-0.15, -0.1) is 0 Å². The summed E-state index contributed by atoms with van der Waals surface area (Å²) in [5, 5.41) is 0. The summed E-state index contributed by atoms with van der Waals surface area (Å²) < 4.78 is 10.0. The highest BCUT2D eigenvalue weighted by molar-refractivity contribution is 5.68. The van der Waals surface area contributed by atoms with E-state index < -0.39 is 0 Å². The molecule has 1 amide bonds. The van der Waals surface area contributed by atoms with Gasteiger partial charge in [-0.05, 0) is 12.8 Å². The third-order valence-corrected chi connectivity index (χ3v) is 2.24. The van der Waals surface area contributed by atoms with E-state index in [2.05, 4.69) is 0 Å². The van der Waals surface area contributed by atoms with Crippen LogP contribution in [-0.2, 0) is 9.47 Å². The number of hydrogen-bond donors (Lipinski definition) is 0. The van der Waals surface area contributed by atoms with Crippen LogP contribution in [0.3, 0.4) is 0 Å². The average Bonchev–Trinajstić information content (AvgIpc) is 2.47. The molecule has 2 fully saturated rings. The molecule has 4 heteroatoms. The van der Waals surface area contributed by atoms with E-state index in [4.69, 9.17) is 9.47 Å². The van der Waals surface area contributed by atoms with Gasteiger partial charge in [-0.2, -0.15) is 0 Å². The molecule has 0 bridgehead atoms. The Morgan fingerprint density at radius 2 is 2.00 bits per heavy atom. The van der Waals surface area contributed by atoms with Gasteiger partial charge in [0.05, 0.1) is 13.2 Å². The van der Waals surface area contributed by atoms with Crippen LogP contribution in [-0.4, -0.2) is 43.4 Å². The van der Waals surface area contributed by atoms with Gasteiger partial charge in [-0.25, -0.2) is 4.79 Å². The van der Waals surface area contributed by atoms with E-state index in [-0.39, 0.29) is 12.2 Å². The number of nitrogens with zero attached hydrogens (tertiary/aromatic N) is 1. The van der Waals surface area contributed by atoms with Crippen LogP contribution in [0.4, 0.5) is 4.79 Å². The first kappa shape index (κ1) is 7.86. The van der Waals surface area contributed by atoms with Gasteiger partial charge in [0, 0.05) is 13.1 Å². The average molecular weight is 171 g/mol. The predicted octanol–water partition coefficient (Wildman–Crippen LogP) is 0.618. The highest BCUT2D eigenvalue weighted by atomic mass is 16.6. The van der Waals surface area contributed by atoms with Crippen molar-refractivity contribution in [2.45, 2.75) is 18.9 Å². The van der Waals surface area contributed by atoms with Crippen LogP contribution in [0.15, 0.2) is 0 Å². The molecule has 0 atom stereocenters. The van der Waals surface area contributed by atoms with Crippen molar-refractivity contribution in [2.24, 2.45) is 0 Å². The molecule has 4 nitrogen and oxygen atoms in total. The number of ether oxygens (including phenoxy) is 2. The van der Waals surface area contributed by atoms with Gasteiger partial charge in [-0.3, -0.25) is 0 Å². The molecule has 0 aromatic heterocycles. The largest absolute Gasteiger partial charge is 0.441 e. The lowest BCUT2D eigenvalue weighted by Gasteiger charge is -2.27. The molecule has 68 valence electrons. The van der Waals surface area contributed by atoms with Crippen LogP contribution in [0.5, 0.6) is 0 Å². The lowest BCUT2D eigenvalue weighted by Crippen LogP contribution is -2.41. The molecule has 2 rings (SSSR count). The van der Waals surface area contributed by atoms with Gasteiger partial charge in [0.15, 0.2) is 6.10 Å². The van der Waals surface area contributed by atoms with Crippen LogP contribution >= 0.6 is 0 Å². The molecule has 2 saturated heterocycles. The number of rotatable bonds is 1. The molecule has 0 saturated carbocycles. The van der Waals surface area contributed by atoms with Gasteiger partial charge in [0.2, 0.25) is 0 Å². The van der Waals surface area contributed by atoms with E-state index in [1.165, 1.54) is 0 Å². The molecule has 2 heterocycles. The standard InChI is InChI=1S/C8H13NO3/c10-8(9-3-1-2-4-9)12-7-5-11-6-7/h7H,1-6H2. The zero-order valence-corrected chi connectivity index (χ0v) is 6.99. The Bertz CT molecular complexity index is 173. The third-order valence-electron chi connectivity index (χ3n) is 2.24. The monoisotopic (exact) mass is 171 g/mol. The zero-order chi connectivity index (χ0) is 8.39. The van der Waals surface area contributed by atoms with Crippen molar-refractivity contribution in [3.63, 3.8) is 0 Å². The fourth-order valence-electron chi connectivity index (χ4n) is 1.40. The maximum absolute atomic E-state index is 11.3. The summed E-state index contributed by atoms with van der Waals surface area (Å²) in [5.74, 6) is 0. The molecule has 0 radical (unpaired) electrons. The van der Waals surface area contributed by atoms with Gasteiger partial charge in [-0.1, -0.05) is 0 Å². The van der Waals surface area contributed by atoms with Crippen molar-refractivity contribution >= 4 is 6.09 Å². The molecule has 0 aromatic carbocycles. The smallest absolute Gasteiger partial charge is 0.410 e. The van der Waals surface area contributed by atoms with Crippen molar-refractivity contribution < 1.29 is 14.3 Å². The summed E-state index contributed by atoms with van der Waals surface area (Å²) in [7, 11) is 0. The zero-order valence-electron chi connectivity index (χ0n) is 6.99.